The van der Waals surface area contributed by atoms with Gasteiger partial charge in [0.2, 0.25) is 0 Å². The van der Waals surface area contributed by atoms with Crippen molar-refractivity contribution < 1.29 is 18.3 Å². The SMILES string of the molecule is Cc1ccc(C(=O)O)cc1NS(=O)(=O)NC1CC1. The van der Waals surface area contributed by atoms with E-state index in [1.807, 2.05) is 0 Å². The van der Waals surface area contributed by atoms with E-state index in [1.165, 1.54) is 12.1 Å². The minimum absolute atomic E-state index is 0.00506. The Morgan fingerprint density at radius 3 is 2.61 bits per heavy atom. The number of rotatable bonds is 5. The third-order valence-corrected chi connectivity index (χ3v) is 3.76. The predicted octanol–water partition coefficient (Wildman–Crippen LogP) is 1.10. The maximum absolute atomic E-state index is 11.7. The lowest BCUT2D eigenvalue weighted by Crippen LogP contribution is -2.32. The molecule has 1 aromatic carbocycles. The molecule has 1 aliphatic carbocycles. The third kappa shape index (κ3) is 3.21. The smallest absolute Gasteiger partial charge is 0.335 e. The van der Waals surface area contributed by atoms with Crippen LogP contribution >= 0.6 is 0 Å². The van der Waals surface area contributed by atoms with Crippen molar-refractivity contribution in [3.8, 4) is 0 Å². The Morgan fingerprint density at radius 2 is 2.06 bits per heavy atom. The summed E-state index contributed by atoms with van der Waals surface area (Å²) in [6, 6.07) is 4.32. The molecule has 98 valence electrons. The molecule has 0 spiro atoms. The van der Waals surface area contributed by atoms with Gasteiger partial charge in [0, 0.05) is 6.04 Å². The van der Waals surface area contributed by atoms with Gasteiger partial charge >= 0.3 is 5.97 Å². The Bertz CT molecular complexity index is 579. The minimum atomic E-state index is -3.63. The zero-order chi connectivity index (χ0) is 13.3. The van der Waals surface area contributed by atoms with Gasteiger partial charge in [-0.05, 0) is 37.5 Å². The van der Waals surface area contributed by atoms with Gasteiger partial charge in [-0.1, -0.05) is 6.07 Å². The summed E-state index contributed by atoms with van der Waals surface area (Å²) < 4.78 is 28.2. The number of carbonyl (C=O) groups is 1. The van der Waals surface area contributed by atoms with Crippen molar-refractivity contribution in [2.24, 2.45) is 0 Å². The van der Waals surface area contributed by atoms with Gasteiger partial charge < -0.3 is 5.11 Å². The van der Waals surface area contributed by atoms with E-state index < -0.39 is 16.2 Å². The van der Waals surface area contributed by atoms with E-state index in [9.17, 15) is 13.2 Å². The number of nitrogens with one attached hydrogen (secondary N) is 2. The molecule has 3 N–H and O–H groups in total. The van der Waals surface area contributed by atoms with Crippen LogP contribution in [-0.4, -0.2) is 25.5 Å². The van der Waals surface area contributed by atoms with Gasteiger partial charge in [0.1, 0.15) is 0 Å². The fraction of sp³-hybridized carbons (Fsp3) is 0.364. The lowest BCUT2D eigenvalue weighted by atomic mass is 10.1. The number of hydrogen-bond donors (Lipinski definition) is 3. The van der Waals surface area contributed by atoms with Crippen LogP contribution in [0.1, 0.15) is 28.8 Å². The van der Waals surface area contributed by atoms with Crippen LogP contribution in [0.15, 0.2) is 18.2 Å². The van der Waals surface area contributed by atoms with Crippen LogP contribution < -0.4 is 9.44 Å². The normalized spacial score (nSPS) is 15.4. The van der Waals surface area contributed by atoms with Crippen molar-refractivity contribution in [2.75, 3.05) is 4.72 Å². The van der Waals surface area contributed by atoms with Crippen LogP contribution in [0.2, 0.25) is 0 Å². The van der Waals surface area contributed by atoms with Crippen LogP contribution in [0.5, 0.6) is 0 Å². The molecule has 0 atom stereocenters. The van der Waals surface area contributed by atoms with Crippen LogP contribution in [0.3, 0.4) is 0 Å². The van der Waals surface area contributed by atoms with Crippen molar-refractivity contribution in [2.45, 2.75) is 25.8 Å². The standard InChI is InChI=1S/C11H14N2O4S/c1-7-2-3-8(11(14)15)6-10(7)13-18(16,17)12-9-4-5-9/h2-3,6,9,12-13H,4-5H2,1H3,(H,14,15). The van der Waals surface area contributed by atoms with Crippen molar-refractivity contribution in [1.82, 2.24) is 4.72 Å². The van der Waals surface area contributed by atoms with Gasteiger partial charge in [-0.15, -0.1) is 0 Å². The maximum Gasteiger partial charge on any atom is 0.335 e. The average molecular weight is 270 g/mol. The topological polar surface area (TPSA) is 95.5 Å². The maximum atomic E-state index is 11.7. The number of carboxylic acids is 1. The Kier molecular flexibility index (Phi) is 3.27. The molecule has 0 radical (unpaired) electrons. The summed E-state index contributed by atoms with van der Waals surface area (Å²) in [6.45, 7) is 1.71. The first kappa shape index (κ1) is 12.8. The summed E-state index contributed by atoms with van der Waals surface area (Å²) in [7, 11) is -3.63. The number of carboxylic acid groups (broad SMARTS) is 1. The zero-order valence-electron chi connectivity index (χ0n) is 9.80. The molecule has 1 saturated carbocycles. The van der Waals surface area contributed by atoms with E-state index in [4.69, 9.17) is 5.11 Å². The van der Waals surface area contributed by atoms with E-state index in [2.05, 4.69) is 9.44 Å². The summed E-state index contributed by atoms with van der Waals surface area (Å²) in [6.07, 6.45) is 1.68. The second-order valence-electron chi connectivity index (χ2n) is 4.33. The molecule has 2 rings (SSSR count). The van der Waals surface area contributed by atoms with E-state index in [-0.39, 0.29) is 17.3 Å². The number of anilines is 1. The van der Waals surface area contributed by atoms with Crippen LogP contribution in [0, 0.1) is 6.92 Å². The van der Waals surface area contributed by atoms with E-state index >= 15 is 0 Å². The Balaban J connectivity index is 2.21. The third-order valence-electron chi connectivity index (χ3n) is 2.63. The molecule has 1 fully saturated rings. The zero-order valence-corrected chi connectivity index (χ0v) is 10.6. The minimum Gasteiger partial charge on any atom is -0.478 e. The number of benzene rings is 1. The summed E-state index contributed by atoms with van der Waals surface area (Å²) >= 11 is 0. The molecule has 6 nitrogen and oxygen atoms in total. The molecule has 0 saturated heterocycles. The molecule has 0 unspecified atom stereocenters. The second kappa shape index (κ2) is 4.58. The fourth-order valence-electron chi connectivity index (χ4n) is 1.46. The highest BCUT2D eigenvalue weighted by atomic mass is 32.2. The molecule has 0 bridgehead atoms. The van der Waals surface area contributed by atoms with E-state index in [0.29, 0.717) is 5.56 Å². The largest absolute Gasteiger partial charge is 0.478 e. The van der Waals surface area contributed by atoms with Crippen molar-refractivity contribution in [3.63, 3.8) is 0 Å². The number of hydrogen-bond acceptors (Lipinski definition) is 3. The predicted molar refractivity (Wildman–Crippen MR) is 66.8 cm³/mol. The lowest BCUT2D eigenvalue weighted by molar-refractivity contribution is 0.0697. The number of aromatic carboxylic acids is 1. The molecule has 1 aliphatic rings. The van der Waals surface area contributed by atoms with Gasteiger partial charge in [-0.2, -0.15) is 13.1 Å². The molecule has 0 heterocycles. The summed E-state index contributed by atoms with van der Waals surface area (Å²) in [5.74, 6) is -1.09. The van der Waals surface area contributed by atoms with Crippen LogP contribution in [0.4, 0.5) is 5.69 Å². The van der Waals surface area contributed by atoms with Crippen molar-refractivity contribution >= 4 is 21.9 Å². The van der Waals surface area contributed by atoms with Gasteiger partial charge in [-0.25, -0.2) is 4.79 Å². The van der Waals surface area contributed by atoms with E-state index in [0.717, 1.165) is 12.8 Å². The van der Waals surface area contributed by atoms with Crippen LogP contribution in [-0.2, 0) is 10.2 Å². The van der Waals surface area contributed by atoms with Gasteiger partial charge in [0.05, 0.1) is 11.3 Å². The average Bonchev–Trinajstić information content (AvgIpc) is 3.03. The molecule has 18 heavy (non-hydrogen) atoms. The van der Waals surface area contributed by atoms with Crippen LogP contribution in [0.25, 0.3) is 0 Å². The van der Waals surface area contributed by atoms with Gasteiger partial charge in [0.15, 0.2) is 0 Å². The Labute approximate surface area is 105 Å². The highest BCUT2D eigenvalue weighted by Crippen LogP contribution is 2.22. The number of aryl methyl sites for hydroxylation is 1. The molecular formula is C11H14N2O4S. The van der Waals surface area contributed by atoms with Gasteiger partial charge in [-0.3, -0.25) is 4.72 Å². The molecule has 0 amide bonds. The fourth-order valence-corrected chi connectivity index (χ4v) is 2.70. The molecule has 0 aliphatic heterocycles. The summed E-state index contributed by atoms with van der Waals surface area (Å²) in [5, 5.41) is 8.86. The molecule has 1 aromatic rings. The monoisotopic (exact) mass is 270 g/mol. The first-order valence-corrected chi connectivity index (χ1v) is 7.00. The Hall–Kier alpha value is -1.60. The molecule has 7 heteroatoms. The first-order valence-electron chi connectivity index (χ1n) is 5.51. The highest BCUT2D eigenvalue weighted by molar-refractivity contribution is 7.90. The molecule has 0 aromatic heterocycles. The van der Waals surface area contributed by atoms with Crippen molar-refractivity contribution in [1.29, 1.82) is 0 Å². The van der Waals surface area contributed by atoms with Crippen molar-refractivity contribution in [3.05, 3.63) is 29.3 Å². The summed E-state index contributed by atoms with van der Waals surface area (Å²) in [4.78, 5) is 10.8. The molecular weight excluding hydrogens is 256 g/mol. The van der Waals surface area contributed by atoms with Gasteiger partial charge in [0.25, 0.3) is 10.2 Å². The quantitative estimate of drug-likeness (QED) is 0.746. The first-order chi connectivity index (χ1) is 8.37. The summed E-state index contributed by atoms with van der Waals surface area (Å²) in [5.41, 5.74) is 0.994. The lowest BCUT2D eigenvalue weighted by Gasteiger charge is -2.11. The second-order valence-corrected chi connectivity index (χ2v) is 5.78. The highest BCUT2D eigenvalue weighted by Gasteiger charge is 2.27. The van der Waals surface area contributed by atoms with E-state index in [1.54, 1.807) is 13.0 Å². The Morgan fingerprint density at radius 1 is 1.39 bits per heavy atom.